The highest BCUT2D eigenvalue weighted by molar-refractivity contribution is 5.86. The summed E-state index contributed by atoms with van der Waals surface area (Å²) in [6, 6.07) is 3.60. The lowest BCUT2D eigenvalue weighted by Crippen LogP contribution is -2.57. The Balaban J connectivity index is 2.28. The number of halogens is 1. The van der Waals surface area contributed by atoms with Gasteiger partial charge in [0.1, 0.15) is 11.3 Å². The Labute approximate surface area is 148 Å². The largest absolute Gasteiger partial charge is 0.479 e. The summed E-state index contributed by atoms with van der Waals surface area (Å²) in [5, 5.41) is 23.1. The molecule has 2 rings (SSSR count). The van der Waals surface area contributed by atoms with E-state index in [9.17, 15) is 29.2 Å². The fraction of sp³-hybridized carbons (Fsp3) is 0.500. The predicted octanol–water partition coefficient (Wildman–Crippen LogP) is 2.29. The number of carbonyl (C=O) groups excluding carboxylic acids is 1. The Hall–Kier alpha value is -2.91. The molecule has 1 saturated heterocycles. The number of aliphatic carboxylic acids is 1. The van der Waals surface area contributed by atoms with Gasteiger partial charge in [-0.05, 0) is 32.9 Å². The highest BCUT2D eigenvalue weighted by atomic mass is 19.1. The van der Waals surface area contributed by atoms with Crippen LogP contribution in [0.5, 0.6) is 0 Å². The van der Waals surface area contributed by atoms with Gasteiger partial charge in [0.25, 0.3) is 0 Å². The molecular weight excluding hydrogens is 349 g/mol. The third-order valence-corrected chi connectivity index (χ3v) is 3.91. The Bertz CT molecular complexity index is 748. The SMILES string of the molecule is CC(C)(C)OC(=O)NC1(C(=O)O)CCN(c2cccc(F)c2[N+](=O)[O-])C1. The van der Waals surface area contributed by atoms with Crippen LogP contribution in [0.2, 0.25) is 0 Å². The number of anilines is 1. The molecule has 9 nitrogen and oxygen atoms in total. The van der Waals surface area contributed by atoms with Crippen molar-refractivity contribution < 1.29 is 28.7 Å². The number of carboxylic acids is 1. The van der Waals surface area contributed by atoms with E-state index < -0.39 is 39.6 Å². The lowest BCUT2D eigenvalue weighted by Gasteiger charge is -2.28. The molecule has 1 aromatic rings. The highest BCUT2D eigenvalue weighted by Crippen LogP contribution is 2.35. The molecule has 0 radical (unpaired) electrons. The number of nitrogens with zero attached hydrogens (tertiary/aromatic N) is 2. The van der Waals surface area contributed by atoms with E-state index in [0.29, 0.717) is 0 Å². The van der Waals surface area contributed by atoms with Gasteiger partial charge in [-0.15, -0.1) is 0 Å². The van der Waals surface area contributed by atoms with Gasteiger partial charge in [-0.25, -0.2) is 9.59 Å². The molecule has 1 amide bonds. The number of carbonyl (C=O) groups is 2. The summed E-state index contributed by atoms with van der Waals surface area (Å²) in [6.45, 7) is 4.74. The Kier molecular flexibility index (Phi) is 5.06. The third-order valence-electron chi connectivity index (χ3n) is 3.91. The third kappa shape index (κ3) is 4.01. The first-order chi connectivity index (χ1) is 11.9. The van der Waals surface area contributed by atoms with Crippen molar-refractivity contribution >= 4 is 23.4 Å². The first-order valence-corrected chi connectivity index (χ1v) is 7.88. The van der Waals surface area contributed by atoms with E-state index in [1.165, 1.54) is 17.0 Å². The van der Waals surface area contributed by atoms with E-state index >= 15 is 0 Å². The van der Waals surface area contributed by atoms with E-state index in [1.807, 2.05) is 0 Å². The summed E-state index contributed by atoms with van der Waals surface area (Å²) >= 11 is 0. The van der Waals surface area contributed by atoms with Crippen molar-refractivity contribution in [3.63, 3.8) is 0 Å². The molecule has 142 valence electrons. The zero-order valence-electron chi connectivity index (χ0n) is 14.6. The van der Waals surface area contributed by atoms with Crippen LogP contribution in [0.1, 0.15) is 27.2 Å². The van der Waals surface area contributed by atoms with Crippen molar-refractivity contribution in [1.82, 2.24) is 5.32 Å². The van der Waals surface area contributed by atoms with Crippen LogP contribution in [-0.4, -0.2) is 46.3 Å². The number of nitro benzene ring substituents is 1. The second-order valence-electron chi connectivity index (χ2n) is 7.05. The zero-order valence-corrected chi connectivity index (χ0v) is 14.6. The van der Waals surface area contributed by atoms with Crippen molar-refractivity contribution in [3.8, 4) is 0 Å². The van der Waals surface area contributed by atoms with Crippen molar-refractivity contribution in [2.45, 2.75) is 38.3 Å². The minimum absolute atomic E-state index is 0.0186. The van der Waals surface area contributed by atoms with Gasteiger partial charge < -0.3 is 20.1 Å². The predicted molar refractivity (Wildman–Crippen MR) is 89.6 cm³/mol. The molecule has 0 saturated carbocycles. The monoisotopic (exact) mass is 369 g/mol. The van der Waals surface area contributed by atoms with Gasteiger partial charge in [-0.1, -0.05) is 6.07 Å². The number of nitro groups is 1. The topological polar surface area (TPSA) is 122 Å². The molecule has 0 bridgehead atoms. The van der Waals surface area contributed by atoms with Gasteiger partial charge >= 0.3 is 17.7 Å². The average Bonchev–Trinajstić information content (AvgIpc) is 2.89. The second-order valence-corrected chi connectivity index (χ2v) is 7.05. The normalized spacial score (nSPS) is 19.9. The molecule has 1 aliphatic rings. The number of amides is 1. The number of rotatable bonds is 4. The molecule has 1 aromatic carbocycles. The minimum Gasteiger partial charge on any atom is -0.479 e. The molecule has 1 aliphatic heterocycles. The van der Waals surface area contributed by atoms with Crippen LogP contribution in [0.4, 0.5) is 20.6 Å². The van der Waals surface area contributed by atoms with E-state index in [-0.39, 0.29) is 25.2 Å². The number of alkyl carbamates (subject to hydrolysis) is 1. The van der Waals surface area contributed by atoms with Crippen molar-refractivity contribution in [2.75, 3.05) is 18.0 Å². The summed E-state index contributed by atoms with van der Waals surface area (Å²) in [4.78, 5) is 35.5. The standard InChI is InChI=1S/C16H20FN3O6/c1-15(2,3)26-14(23)18-16(13(21)22)7-8-19(9-16)11-6-4-5-10(17)12(11)20(24)25/h4-6H,7-9H2,1-3H3,(H,18,23)(H,21,22). The number of ether oxygens (including phenoxy) is 1. The Morgan fingerprint density at radius 3 is 2.62 bits per heavy atom. The second kappa shape index (κ2) is 6.77. The summed E-state index contributed by atoms with van der Waals surface area (Å²) < 4.78 is 18.9. The maximum atomic E-state index is 13.8. The molecule has 1 heterocycles. The van der Waals surface area contributed by atoms with Crippen molar-refractivity contribution in [3.05, 3.63) is 34.1 Å². The van der Waals surface area contributed by atoms with Crippen molar-refractivity contribution in [1.29, 1.82) is 0 Å². The van der Waals surface area contributed by atoms with E-state index in [4.69, 9.17) is 4.74 Å². The summed E-state index contributed by atoms with van der Waals surface area (Å²) in [5.41, 5.74) is -3.28. The lowest BCUT2D eigenvalue weighted by atomic mass is 9.99. The van der Waals surface area contributed by atoms with Crippen LogP contribution < -0.4 is 10.2 Å². The number of hydrogen-bond donors (Lipinski definition) is 2. The van der Waals surface area contributed by atoms with Crippen LogP contribution in [0, 0.1) is 15.9 Å². The van der Waals surface area contributed by atoms with Crippen molar-refractivity contribution in [2.24, 2.45) is 0 Å². The molecule has 1 atom stereocenters. The summed E-state index contributed by atoms with van der Waals surface area (Å²) in [5.74, 6) is -2.31. The maximum Gasteiger partial charge on any atom is 0.408 e. The maximum absolute atomic E-state index is 13.8. The molecule has 0 aliphatic carbocycles. The van der Waals surface area contributed by atoms with Gasteiger partial charge in [0.05, 0.1) is 11.5 Å². The first-order valence-electron chi connectivity index (χ1n) is 7.88. The number of carboxylic acid groups (broad SMARTS) is 1. The zero-order chi connectivity index (χ0) is 19.7. The Morgan fingerprint density at radius 1 is 1.42 bits per heavy atom. The molecule has 26 heavy (non-hydrogen) atoms. The van der Waals surface area contributed by atoms with E-state index in [2.05, 4.69) is 5.32 Å². The number of benzene rings is 1. The molecule has 10 heteroatoms. The van der Waals surface area contributed by atoms with Crippen LogP contribution in [0.25, 0.3) is 0 Å². The quantitative estimate of drug-likeness (QED) is 0.617. The smallest absolute Gasteiger partial charge is 0.408 e. The Morgan fingerprint density at radius 2 is 2.08 bits per heavy atom. The fourth-order valence-corrected chi connectivity index (χ4v) is 2.78. The fourth-order valence-electron chi connectivity index (χ4n) is 2.78. The molecule has 1 unspecified atom stereocenters. The van der Waals surface area contributed by atoms with Crippen LogP contribution >= 0.6 is 0 Å². The minimum atomic E-state index is -1.69. The lowest BCUT2D eigenvalue weighted by molar-refractivity contribution is -0.386. The molecule has 0 aromatic heterocycles. The average molecular weight is 369 g/mol. The van der Waals surface area contributed by atoms with Crippen LogP contribution in [0.15, 0.2) is 18.2 Å². The van der Waals surface area contributed by atoms with Crippen LogP contribution in [0.3, 0.4) is 0 Å². The highest BCUT2D eigenvalue weighted by Gasteiger charge is 2.48. The number of nitrogens with one attached hydrogen (secondary N) is 1. The van der Waals surface area contributed by atoms with Gasteiger partial charge in [-0.3, -0.25) is 10.1 Å². The number of hydrogen-bond acceptors (Lipinski definition) is 6. The summed E-state index contributed by atoms with van der Waals surface area (Å²) in [7, 11) is 0. The van der Waals surface area contributed by atoms with Gasteiger partial charge in [0.2, 0.25) is 5.82 Å². The van der Waals surface area contributed by atoms with Crippen LogP contribution in [-0.2, 0) is 9.53 Å². The molecule has 2 N–H and O–H groups in total. The van der Waals surface area contributed by atoms with Gasteiger partial charge in [-0.2, -0.15) is 4.39 Å². The van der Waals surface area contributed by atoms with E-state index in [0.717, 1.165) is 6.07 Å². The van der Waals surface area contributed by atoms with Gasteiger partial charge in [0, 0.05) is 13.0 Å². The molecular formula is C16H20FN3O6. The molecule has 0 spiro atoms. The van der Waals surface area contributed by atoms with Gasteiger partial charge in [0.15, 0.2) is 5.54 Å². The number of para-hydroxylation sites is 1. The molecule has 1 fully saturated rings. The summed E-state index contributed by atoms with van der Waals surface area (Å²) in [6.07, 6.45) is -0.926. The van der Waals surface area contributed by atoms with E-state index in [1.54, 1.807) is 20.8 Å². The first kappa shape index (κ1) is 19.4.